The number of hydrogen-bond acceptors (Lipinski definition) is 5. The number of nitrogens with one attached hydrogen (secondary N) is 2. The molecule has 0 fully saturated rings. The summed E-state index contributed by atoms with van der Waals surface area (Å²) < 4.78 is 0. The van der Waals surface area contributed by atoms with Gasteiger partial charge >= 0.3 is 0 Å². The Bertz CT molecular complexity index is 1110. The molecule has 2 atom stereocenters. The molecule has 2 unspecified atom stereocenters. The summed E-state index contributed by atoms with van der Waals surface area (Å²) in [6.45, 7) is 4.86. The van der Waals surface area contributed by atoms with Crippen LogP contribution < -0.4 is 10.6 Å². The van der Waals surface area contributed by atoms with Gasteiger partial charge in [0.25, 0.3) is 0 Å². The van der Waals surface area contributed by atoms with Crippen molar-refractivity contribution < 1.29 is 9.59 Å². The van der Waals surface area contributed by atoms with Crippen LogP contribution in [0.1, 0.15) is 52.9 Å². The molecule has 0 radical (unpaired) electrons. The lowest BCUT2D eigenvalue weighted by Gasteiger charge is -2.29. The quantitative estimate of drug-likeness (QED) is 0.492. The summed E-state index contributed by atoms with van der Waals surface area (Å²) in [5.74, 6) is -0.629. The van der Waals surface area contributed by atoms with Crippen LogP contribution in [-0.2, 0) is 4.79 Å². The second kappa shape index (κ2) is 11.0. The van der Waals surface area contributed by atoms with E-state index in [1.54, 1.807) is 54.9 Å². The summed E-state index contributed by atoms with van der Waals surface area (Å²) in [7, 11) is 0. The molecule has 2 aromatic carbocycles. The second-order valence-corrected chi connectivity index (χ2v) is 7.97. The molecule has 0 aliphatic rings. The average Bonchev–Trinajstić information content (AvgIpc) is 2.82. The molecule has 1 heterocycles. The first kappa shape index (κ1) is 22.9. The number of carbonyl (C=O) groups is 2. The normalized spacial score (nSPS) is 12.6. The maximum absolute atomic E-state index is 13.7. The molecular weight excluding hydrogens is 400 g/mol. The number of pyridine rings is 1. The highest BCUT2D eigenvalue weighted by molar-refractivity contribution is 5.98. The fourth-order valence-corrected chi connectivity index (χ4v) is 3.61. The van der Waals surface area contributed by atoms with E-state index >= 15 is 0 Å². The second-order valence-electron chi connectivity index (χ2n) is 7.97. The monoisotopic (exact) mass is 426 g/mol. The van der Waals surface area contributed by atoms with Crippen LogP contribution in [0.4, 0.5) is 5.69 Å². The van der Waals surface area contributed by atoms with Crippen LogP contribution in [-0.4, -0.2) is 23.7 Å². The number of rotatable bonds is 9. The lowest BCUT2D eigenvalue weighted by molar-refractivity contribution is -0.118. The summed E-state index contributed by atoms with van der Waals surface area (Å²) in [4.78, 5) is 29.7. The SMILES string of the molecule is CC(C)CNC(c1cccnc1)C(C(=O)Nc1cccc(C#N)c1)c1ccccc1C=O. The summed E-state index contributed by atoms with van der Waals surface area (Å²) in [6.07, 6.45) is 4.19. The van der Waals surface area contributed by atoms with Crippen LogP contribution in [0, 0.1) is 17.2 Å². The number of carbonyl (C=O) groups excluding carboxylic acids is 2. The van der Waals surface area contributed by atoms with E-state index in [1.165, 1.54) is 0 Å². The van der Waals surface area contributed by atoms with Gasteiger partial charge in [-0.3, -0.25) is 14.6 Å². The number of anilines is 1. The highest BCUT2D eigenvalue weighted by Gasteiger charge is 2.33. The van der Waals surface area contributed by atoms with Gasteiger partial charge in [-0.25, -0.2) is 0 Å². The van der Waals surface area contributed by atoms with E-state index in [1.807, 2.05) is 18.2 Å². The molecule has 1 aromatic heterocycles. The smallest absolute Gasteiger partial charge is 0.233 e. The van der Waals surface area contributed by atoms with Gasteiger partial charge in [0.1, 0.15) is 6.29 Å². The van der Waals surface area contributed by atoms with Crippen molar-refractivity contribution in [3.05, 3.63) is 95.3 Å². The summed E-state index contributed by atoms with van der Waals surface area (Å²) in [6, 6.07) is 19.3. The number of benzene rings is 2. The van der Waals surface area contributed by atoms with Gasteiger partial charge in [-0.05, 0) is 47.9 Å². The first-order valence-corrected chi connectivity index (χ1v) is 10.5. The summed E-state index contributed by atoms with van der Waals surface area (Å²) in [5, 5.41) is 15.6. The van der Waals surface area contributed by atoms with Gasteiger partial charge in [-0.1, -0.05) is 50.2 Å². The van der Waals surface area contributed by atoms with Gasteiger partial charge < -0.3 is 10.6 Å². The number of nitrogens with zero attached hydrogens (tertiary/aromatic N) is 2. The molecule has 2 N–H and O–H groups in total. The Morgan fingerprint density at radius 2 is 1.94 bits per heavy atom. The molecule has 6 heteroatoms. The zero-order chi connectivity index (χ0) is 22.9. The molecule has 3 aromatic rings. The third-order valence-electron chi connectivity index (χ3n) is 5.12. The van der Waals surface area contributed by atoms with E-state index in [4.69, 9.17) is 0 Å². The predicted molar refractivity (Wildman–Crippen MR) is 124 cm³/mol. The fraction of sp³-hybridized carbons (Fsp3) is 0.231. The van der Waals surface area contributed by atoms with E-state index in [2.05, 4.69) is 35.5 Å². The molecule has 0 aliphatic heterocycles. The molecule has 3 rings (SSSR count). The zero-order valence-corrected chi connectivity index (χ0v) is 18.2. The third kappa shape index (κ3) is 5.65. The molecule has 162 valence electrons. The molecule has 0 aliphatic carbocycles. The number of aldehydes is 1. The Morgan fingerprint density at radius 1 is 1.12 bits per heavy atom. The van der Waals surface area contributed by atoms with Crippen molar-refractivity contribution in [1.82, 2.24) is 10.3 Å². The van der Waals surface area contributed by atoms with Crippen LogP contribution >= 0.6 is 0 Å². The van der Waals surface area contributed by atoms with Crippen LogP contribution in [0.3, 0.4) is 0 Å². The predicted octanol–water partition coefficient (Wildman–Crippen LogP) is 4.47. The Labute approximate surface area is 188 Å². The molecule has 1 amide bonds. The minimum Gasteiger partial charge on any atom is -0.325 e. The van der Waals surface area contributed by atoms with Crippen molar-refractivity contribution in [3.63, 3.8) is 0 Å². The molecule has 32 heavy (non-hydrogen) atoms. The van der Waals surface area contributed by atoms with Gasteiger partial charge in [0, 0.05) is 29.7 Å². The molecule has 0 bridgehead atoms. The third-order valence-corrected chi connectivity index (χ3v) is 5.12. The Balaban J connectivity index is 2.08. The van der Waals surface area contributed by atoms with Crippen molar-refractivity contribution >= 4 is 17.9 Å². The molecule has 0 saturated carbocycles. The number of hydrogen-bond donors (Lipinski definition) is 2. The minimum atomic E-state index is -0.704. The van der Waals surface area contributed by atoms with Crippen molar-refractivity contribution in [1.29, 1.82) is 5.26 Å². The van der Waals surface area contributed by atoms with Crippen molar-refractivity contribution in [2.45, 2.75) is 25.8 Å². The molecule has 0 spiro atoms. The van der Waals surface area contributed by atoms with E-state index in [-0.39, 0.29) is 5.91 Å². The number of aromatic nitrogens is 1. The largest absolute Gasteiger partial charge is 0.325 e. The van der Waals surface area contributed by atoms with Gasteiger partial charge in [-0.2, -0.15) is 5.26 Å². The number of amides is 1. The van der Waals surface area contributed by atoms with Crippen LogP contribution in [0.25, 0.3) is 0 Å². The van der Waals surface area contributed by atoms with Gasteiger partial charge in [0.2, 0.25) is 5.91 Å². The van der Waals surface area contributed by atoms with Crippen molar-refractivity contribution in [2.24, 2.45) is 5.92 Å². The Hall–Kier alpha value is -3.82. The van der Waals surface area contributed by atoms with Crippen LogP contribution in [0.15, 0.2) is 73.1 Å². The van der Waals surface area contributed by atoms with Crippen molar-refractivity contribution in [3.8, 4) is 6.07 Å². The fourth-order valence-electron chi connectivity index (χ4n) is 3.61. The minimum absolute atomic E-state index is 0.278. The topological polar surface area (TPSA) is 94.9 Å². The maximum Gasteiger partial charge on any atom is 0.233 e. The van der Waals surface area contributed by atoms with Crippen LogP contribution in [0.5, 0.6) is 0 Å². The Morgan fingerprint density at radius 3 is 2.62 bits per heavy atom. The molecule has 0 saturated heterocycles. The molecule has 6 nitrogen and oxygen atoms in total. The van der Waals surface area contributed by atoms with Crippen LogP contribution in [0.2, 0.25) is 0 Å². The van der Waals surface area contributed by atoms with Gasteiger partial charge in [-0.15, -0.1) is 0 Å². The van der Waals surface area contributed by atoms with E-state index in [0.717, 1.165) is 11.8 Å². The first-order valence-electron chi connectivity index (χ1n) is 10.5. The summed E-state index contributed by atoms with van der Waals surface area (Å²) in [5.41, 5.74) is 2.91. The lowest BCUT2D eigenvalue weighted by atomic mass is 9.84. The standard InChI is InChI=1S/C26H26N4O2/c1-18(2)15-29-25(20-9-6-12-28-16-20)24(23-11-4-3-8-21(23)17-31)26(32)30-22-10-5-7-19(13-22)14-27/h3-13,16-18,24-25,29H,15H2,1-2H3,(H,30,32). The zero-order valence-electron chi connectivity index (χ0n) is 18.2. The summed E-state index contributed by atoms with van der Waals surface area (Å²) >= 11 is 0. The van der Waals surface area contributed by atoms with Gasteiger partial charge in [0.15, 0.2) is 0 Å². The highest BCUT2D eigenvalue weighted by Crippen LogP contribution is 2.34. The van der Waals surface area contributed by atoms with E-state index in [9.17, 15) is 14.9 Å². The lowest BCUT2D eigenvalue weighted by Crippen LogP contribution is -2.36. The molecular formula is C26H26N4O2. The maximum atomic E-state index is 13.7. The highest BCUT2D eigenvalue weighted by atomic mass is 16.2. The van der Waals surface area contributed by atoms with E-state index < -0.39 is 12.0 Å². The van der Waals surface area contributed by atoms with Crippen molar-refractivity contribution in [2.75, 3.05) is 11.9 Å². The Kier molecular flexibility index (Phi) is 7.85. The first-order chi connectivity index (χ1) is 15.5. The number of nitriles is 1. The average molecular weight is 427 g/mol. The van der Waals surface area contributed by atoms with Gasteiger partial charge in [0.05, 0.1) is 17.6 Å². The van der Waals surface area contributed by atoms with E-state index in [0.29, 0.717) is 34.8 Å².